The summed E-state index contributed by atoms with van der Waals surface area (Å²) in [6.07, 6.45) is 3.91. The number of rotatable bonds is 12. The molecule has 38 heavy (non-hydrogen) atoms. The topological polar surface area (TPSA) is 92.2 Å². The molecule has 0 unspecified atom stereocenters. The second kappa shape index (κ2) is 14.0. The third kappa shape index (κ3) is 9.76. The first-order chi connectivity index (χ1) is 17.9. The number of hydrogen-bond donors (Lipinski definition) is 3. The third-order valence-electron chi connectivity index (χ3n) is 5.00. The van der Waals surface area contributed by atoms with Gasteiger partial charge in [0.15, 0.2) is 0 Å². The normalized spacial score (nSPS) is 12.6. The number of methoxy groups -OCH3 is 1. The number of allylic oxidation sites excluding steroid dienone is 5. The van der Waals surface area contributed by atoms with E-state index < -0.39 is 18.3 Å². The number of alkyl halides is 3. The molecule has 7 nitrogen and oxygen atoms in total. The number of benzene rings is 1. The van der Waals surface area contributed by atoms with Crippen molar-refractivity contribution >= 4 is 23.6 Å². The van der Waals surface area contributed by atoms with Gasteiger partial charge in [-0.2, -0.15) is 13.2 Å². The summed E-state index contributed by atoms with van der Waals surface area (Å²) in [5.41, 5.74) is 2.30. The maximum Gasteiger partial charge on any atom is 0.429 e. The Balaban J connectivity index is 2.28. The van der Waals surface area contributed by atoms with Gasteiger partial charge in [0, 0.05) is 23.9 Å². The first-order valence-electron chi connectivity index (χ1n) is 12.0. The summed E-state index contributed by atoms with van der Waals surface area (Å²) in [6, 6.07) is 7.21. The summed E-state index contributed by atoms with van der Waals surface area (Å²) in [5.74, 6) is 2.12. The van der Waals surface area contributed by atoms with Crippen LogP contribution in [0.1, 0.15) is 58.7 Å². The summed E-state index contributed by atoms with van der Waals surface area (Å²) in [5, 5.41) is 13.4. The minimum Gasteiger partial charge on any atom is -0.501 e. The molecule has 0 amide bonds. The summed E-state index contributed by atoms with van der Waals surface area (Å²) >= 11 is 0. The molecule has 0 saturated carbocycles. The number of hydrogen-bond acceptors (Lipinski definition) is 7. The van der Waals surface area contributed by atoms with Crippen LogP contribution >= 0.6 is 0 Å². The third-order valence-corrected chi connectivity index (χ3v) is 5.00. The molecule has 1 aromatic heterocycles. The molecule has 10 heteroatoms. The first-order valence-corrected chi connectivity index (χ1v) is 12.0. The number of nitrogens with one attached hydrogen (secondary N) is 3. The Bertz CT molecular complexity index is 1240. The predicted molar refractivity (Wildman–Crippen MR) is 146 cm³/mol. The fraction of sp³-hybridized carbons (Fsp3) is 0.321. The highest BCUT2D eigenvalue weighted by Gasteiger charge is 2.33. The van der Waals surface area contributed by atoms with Crippen molar-refractivity contribution in [3.05, 3.63) is 76.9 Å². The van der Waals surface area contributed by atoms with Crippen LogP contribution in [0.2, 0.25) is 0 Å². The molecule has 1 heterocycles. The molecule has 0 atom stereocenters. The number of aromatic nitrogens is 2. The van der Waals surface area contributed by atoms with Gasteiger partial charge in [0.25, 0.3) is 0 Å². The minimum absolute atomic E-state index is 0.356. The van der Waals surface area contributed by atoms with Gasteiger partial charge >= 0.3 is 6.18 Å². The van der Waals surface area contributed by atoms with Crippen molar-refractivity contribution in [2.75, 3.05) is 12.4 Å². The first kappa shape index (κ1) is 30.1. The van der Waals surface area contributed by atoms with Crippen LogP contribution in [0.5, 0.6) is 11.6 Å². The second-order valence-corrected chi connectivity index (χ2v) is 8.63. The van der Waals surface area contributed by atoms with Crippen LogP contribution in [0.3, 0.4) is 0 Å². The summed E-state index contributed by atoms with van der Waals surface area (Å²) in [6.45, 7) is 9.36. The van der Waals surface area contributed by atoms with Gasteiger partial charge in [-0.1, -0.05) is 24.6 Å². The van der Waals surface area contributed by atoms with Crippen molar-refractivity contribution in [2.24, 2.45) is 0 Å². The van der Waals surface area contributed by atoms with Crippen molar-refractivity contribution in [1.29, 1.82) is 5.41 Å². The van der Waals surface area contributed by atoms with Gasteiger partial charge in [0.05, 0.1) is 24.1 Å². The summed E-state index contributed by atoms with van der Waals surface area (Å²) < 4.78 is 49.3. The number of ether oxygens (including phenoxy) is 2. The standard InChI is InChI=1S/C28H34F3N5O2/c1-7-9-26(35-19(4)12-13-25(32)28(29,30)31)36-21-10-8-11-22(16-21)38-27-23(15-20(5)37-6)24(14-18(2)3)33-17-34-27/h8-12,14-17,32,35-36H,7,13H2,1-6H3/b19-12+,20-15+,26-9+,32-25?. The Kier molecular flexibility index (Phi) is 11.1. The largest absolute Gasteiger partial charge is 0.501 e. The zero-order valence-corrected chi connectivity index (χ0v) is 22.5. The van der Waals surface area contributed by atoms with E-state index in [0.29, 0.717) is 52.3 Å². The molecule has 0 aliphatic rings. The zero-order chi connectivity index (χ0) is 28.3. The average molecular weight is 530 g/mol. The van der Waals surface area contributed by atoms with E-state index in [-0.39, 0.29) is 0 Å². The number of nitrogens with zero attached hydrogens (tertiary/aromatic N) is 2. The Morgan fingerprint density at radius 1 is 1.08 bits per heavy atom. The van der Waals surface area contributed by atoms with Gasteiger partial charge in [-0.15, -0.1) is 0 Å². The van der Waals surface area contributed by atoms with Crippen LogP contribution in [-0.4, -0.2) is 29.0 Å². The molecule has 2 aromatic rings. The van der Waals surface area contributed by atoms with E-state index in [1.54, 1.807) is 26.2 Å². The molecule has 0 aliphatic carbocycles. The smallest absolute Gasteiger partial charge is 0.429 e. The van der Waals surface area contributed by atoms with Gasteiger partial charge in [-0.25, -0.2) is 9.97 Å². The molecule has 0 aliphatic heterocycles. The maximum absolute atomic E-state index is 12.6. The lowest BCUT2D eigenvalue weighted by atomic mass is 10.1. The fourth-order valence-corrected chi connectivity index (χ4v) is 3.14. The van der Waals surface area contributed by atoms with E-state index in [0.717, 1.165) is 5.57 Å². The van der Waals surface area contributed by atoms with Crippen LogP contribution in [0, 0.1) is 5.41 Å². The van der Waals surface area contributed by atoms with E-state index in [9.17, 15) is 13.2 Å². The van der Waals surface area contributed by atoms with E-state index >= 15 is 0 Å². The van der Waals surface area contributed by atoms with E-state index in [1.807, 2.05) is 58.1 Å². The Morgan fingerprint density at radius 3 is 2.45 bits per heavy atom. The lowest BCUT2D eigenvalue weighted by Gasteiger charge is -2.16. The highest BCUT2D eigenvalue weighted by molar-refractivity contribution is 5.88. The Morgan fingerprint density at radius 2 is 1.82 bits per heavy atom. The van der Waals surface area contributed by atoms with E-state index in [4.69, 9.17) is 14.9 Å². The van der Waals surface area contributed by atoms with Crippen molar-refractivity contribution in [3.8, 4) is 11.6 Å². The SMILES string of the molecule is CC/C=C(\N/C(C)=C/CC(=N)C(F)(F)F)Nc1cccc(Oc2ncnc(C=C(C)C)c2/C=C(\C)OC)c1. The van der Waals surface area contributed by atoms with Gasteiger partial charge in [-0.3, -0.25) is 0 Å². The van der Waals surface area contributed by atoms with Crippen LogP contribution in [0.15, 0.2) is 65.6 Å². The predicted octanol–water partition coefficient (Wildman–Crippen LogP) is 7.83. The quantitative estimate of drug-likeness (QED) is 0.192. The molecular formula is C28H34F3N5O2. The fourth-order valence-electron chi connectivity index (χ4n) is 3.14. The van der Waals surface area contributed by atoms with E-state index in [1.165, 1.54) is 12.4 Å². The Labute approximate surface area is 221 Å². The number of anilines is 1. The molecule has 0 spiro atoms. The lowest BCUT2D eigenvalue weighted by Crippen LogP contribution is -2.22. The molecule has 2 rings (SSSR count). The highest BCUT2D eigenvalue weighted by atomic mass is 19.4. The Hall–Kier alpha value is -4.08. The summed E-state index contributed by atoms with van der Waals surface area (Å²) in [4.78, 5) is 8.70. The van der Waals surface area contributed by atoms with Crippen molar-refractivity contribution < 1.29 is 22.6 Å². The molecule has 0 radical (unpaired) electrons. The highest BCUT2D eigenvalue weighted by Crippen LogP contribution is 2.29. The lowest BCUT2D eigenvalue weighted by molar-refractivity contribution is -0.0607. The minimum atomic E-state index is -4.63. The van der Waals surface area contributed by atoms with Crippen LogP contribution < -0.4 is 15.4 Å². The van der Waals surface area contributed by atoms with Gasteiger partial charge < -0.3 is 25.5 Å². The molecular weight excluding hydrogens is 495 g/mol. The molecule has 0 fully saturated rings. The molecule has 3 N–H and O–H groups in total. The van der Waals surface area contributed by atoms with Crippen LogP contribution in [-0.2, 0) is 4.74 Å². The molecule has 0 bridgehead atoms. The van der Waals surface area contributed by atoms with Crippen molar-refractivity contribution in [1.82, 2.24) is 15.3 Å². The zero-order valence-electron chi connectivity index (χ0n) is 22.5. The van der Waals surface area contributed by atoms with Crippen molar-refractivity contribution in [2.45, 2.75) is 53.6 Å². The second-order valence-electron chi connectivity index (χ2n) is 8.63. The van der Waals surface area contributed by atoms with Gasteiger partial charge in [0.1, 0.15) is 23.6 Å². The van der Waals surface area contributed by atoms with Gasteiger partial charge in [0.2, 0.25) is 5.88 Å². The maximum atomic E-state index is 12.6. The van der Waals surface area contributed by atoms with Crippen LogP contribution in [0.4, 0.5) is 18.9 Å². The molecule has 1 aromatic carbocycles. The van der Waals surface area contributed by atoms with Crippen LogP contribution in [0.25, 0.3) is 12.2 Å². The van der Waals surface area contributed by atoms with Crippen molar-refractivity contribution in [3.63, 3.8) is 0 Å². The van der Waals surface area contributed by atoms with Gasteiger partial charge in [-0.05, 0) is 64.5 Å². The monoisotopic (exact) mass is 529 g/mol. The molecule has 204 valence electrons. The summed E-state index contributed by atoms with van der Waals surface area (Å²) in [7, 11) is 1.58. The van der Waals surface area contributed by atoms with E-state index in [2.05, 4.69) is 20.6 Å². The average Bonchev–Trinajstić information content (AvgIpc) is 2.83. The molecule has 0 saturated heterocycles. The number of halogens is 3.